The van der Waals surface area contributed by atoms with Crippen molar-refractivity contribution in [1.82, 2.24) is 20.8 Å². The molecule has 0 bridgehead atoms. The Bertz CT molecular complexity index is 396. The van der Waals surface area contributed by atoms with Crippen molar-refractivity contribution in [2.45, 2.75) is 31.6 Å². The maximum absolute atomic E-state index is 11.5. The van der Waals surface area contributed by atoms with Crippen LogP contribution < -0.4 is 10.6 Å². The molecule has 0 aliphatic carbocycles. The second-order valence-electron chi connectivity index (χ2n) is 4.16. The molecule has 1 fully saturated rings. The van der Waals surface area contributed by atoms with Gasteiger partial charge in [-0.15, -0.1) is 0 Å². The summed E-state index contributed by atoms with van der Waals surface area (Å²) in [6.07, 6.45) is 1.60. The Morgan fingerprint density at radius 1 is 1.50 bits per heavy atom. The van der Waals surface area contributed by atoms with Crippen molar-refractivity contribution in [3.63, 3.8) is 0 Å². The molecule has 2 rings (SSSR count). The number of rotatable bonds is 6. The van der Waals surface area contributed by atoms with Gasteiger partial charge in [0.1, 0.15) is 0 Å². The van der Waals surface area contributed by atoms with Crippen molar-refractivity contribution in [2.75, 3.05) is 18.8 Å². The van der Waals surface area contributed by atoms with E-state index in [1.165, 1.54) is 0 Å². The molecule has 1 aliphatic heterocycles. The summed E-state index contributed by atoms with van der Waals surface area (Å²) in [5, 5.41) is 9.85. The summed E-state index contributed by atoms with van der Waals surface area (Å²) in [6.45, 7) is 3.60. The molecule has 7 heteroatoms. The molecule has 100 valence electrons. The number of amides is 1. The second-order valence-corrected chi connectivity index (χ2v) is 5.26. The number of nitrogens with one attached hydrogen (secondary N) is 2. The van der Waals surface area contributed by atoms with E-state index in [9.17, 15) is 4.79 Å². The van der Waals surface area contributed by atoms with E-state index in [2.05, 4.69) is 27.7 Å². The predicted octanol–water partition coefficient (Wildman–Crippen LogP) is 0.343. The van der Waals surface area contributed by atoms with Crippen LogP contribution in [-0.2, 0) is 17.0 Å². The normalized spacial score (nSPS) is 19.8. The smallest absolute Gasteiger partial charge is 0.237 e. The van der Waals surface area contributed by atoms with Gasteiger partial charge in [-0.2, -0.15) is 16.7 Å². The van der Waals surface area contributed by atoms with Gasteiger partial charge in [-0.05, 0) is 12.2 Å². The number of carbonyl (C=O) groups is 1. The molecule has 18 heavy (non-hydrogen) atoms. The highest BCUT2D eigenvalue weighted by Gasteiger charge is 2.24. The molecule has 1 aromatic heterocycles. The van der Waals surface area contributed by atoms with E-state index in [1.54, 1.807) is 11.8 Å². The third-order valence-corrected chi connectivity index (χ3v) is 3.76. The summed E-state index contributed by atoms with van der Waals surface area (Å²) in [6, 6.07) is -0.254. The Balaban J connectivity index is 1.83. The average molecular weight is 270 g/mol. The van der Waals surface area contributed by atoms with Crippen molar-refractivity contribution in [3.05, 3.63) is 11.7 Å². The number of hydrogen-bond donors (Lipinski definition) is 2. The molecule has 1 unspecified atom stereocenters. The standard InChI is InChI=1S/C11H18N4O2S/c1-2-5-18-7-9-14-10(17-15-9)6-8-11(16)13-4-3-12-8/h8,12H,2-7H2,1H3,(H,13,16). The number of carbonyl (C=O) groups excluding carboxylic acids is 1. The van der Waals surface area contributed by atoms with Crippen LogP contribution in [0.5, 0.6) is 0 Å². The Morgan fingerprint density at radius 2 is 2.39 bits per heavy atom. The largest absolute Gasteiger partial charge is 0.353 e. The van der Waals surface area contributed by atoms with Crippen LogP contribution in [-0.4, -0.2) is 40.9 Å². The lowest BCUT2D eigenvalue weighted by molar-refractivity contribution is -0.124. The molecule has 1 aliphatic rings. The Hall–Kier alpha value is -1.08. The quantitative estimate of drug-likeness (QED) is 0.726. The number of thioether (sulfide) groups is 1. The fraction of sp³-hybridized carbons (Fsp3) is 0.727. The highest BCUT2D eigenvalue weighted by atomic mass is 32.2. The molecule has 0 saturated carbocycles. The van der Waals surface area contributed by atoms with E-state index in [1.807, 2.05) is 0 Å². The number of aromatic nitrogens is 2. The molecular formula is C11H18N4O2S. The van der Waals surface area contributed by atoms with Crippen molar-refractivity contribution >= 4 is 17.7 Å². The number of nitrogens with zero attached hydrogens (tertiary/aromatic N) is 2. The van der Waals surface area contributed by atoms with Crippen molar-refractivity contribution in [2.24, 2.45) is 0 Å². The first-order valence-electron chi connectivity index (χ1n) is 6.20. The van der Waals surface area contributed by atoms with Gasteiger partial charge in [-0.3, -0.25) is 4.79 Å². The lowest BCUT2D eigenvalue weighted by Crippen LogP contribution is -2.53. The fourth-order valence-corrected chi connectivity index (χ4v) is 2.46. The molecule has 2 heterocycles. The molecule has 1 aromatic rings. The van der Waals surface area contributed by atoms with Gasteiger partial charge in [0.15, 0.2) is 5.82 Å². The van der Waals surface area contributed by atoms with Gasteiger partial charge in [0, 0.05) is 13.1 Å². The highest BCUT2D eigenvalue weighted by Crippen LogP contribution is 2.11. The zero-order chi connectivity index (χ0) is 12.8. The van der Waals surface area contributed by atoms with Crippen LogP contribution in [0.3, 0.4) is 0 Å². The maximum atomic E-state index is 11.5. The average Bonchev–Trinajstić information content (AvgIpc) is 2.80. The molecule has 1 amide bonds. The monoisotopic (exact) mass is 270 g/mol. The Kier molecular flexibility index (Phi) is 5.00. The van der Waals surface area contributed by atoms with E-state index < -0.39 is 0 Å². The minimum Gasteiger partial charge on any atom is -0.353 e. The predicted molar refractivity (Wildman–Crippen MR) is 69.3 cm³/mol. The Morgan fingerprint density at radius 3 is 3.17 bits per heavy atom. The molecule has 0 radical (unpaired) electrons. The SMILES string of the molecule is CCCSCc1noc(CC2NCCNC2=O)n1. The van der Waals surface area contributed by atoms with Crippen LogP contribution in [0.2, 0.25) is 0 Å². The molecule has 1 saturated heterocycles. The molecule has 1 atom stereocenters. The van der Waals surface area contributed by atoms with E-state index in [4.69, 9.17) is 4.52 Å². The van der Waals surface area contributed by atoms with Gasteiger partial charge in [-0.25, -0.2) is 0 Å². The third-order valence-electron chi connectivity index (χ3n) is 2.60. The Labute approximate surface area is 110 Å². The van der Waals surface area contributed by atoms with Crippen LogP contribution in [0.15, 0.2) is 4.52 Å². The van der Waals surface area contributed by atoms with Gasteiger partial charge in [-0.1, -0.05) is 12.1 Å². The van der Waals surface area contributed by atoms with Gasteiger partial charge in [0.25, 0.3) is 0 Å². The van der Waals surface area contributed by atoms with Crippen LogP contribution in [0.25, 0.3) is 0 Å². The van der Waals surface area contributed by atoms with Crippen molar-refractivity contribution in [1.29, 1.82) is 0 Å². The molecule has 0 spiro atoms. The third kappa shape index (κ3) is 3.71. The van der Waals surface area contributed by atoms with Gasteiger partial charge < -0.3 is 15.2 Å². The summed E-state index contributed by atoms with van der Waals surface area (Å²) < 4.78 is 5.15. The van der Waals surface area contributed by atoms with E-state index in [-0.39, 0.29) is 11.9 Å². The van der Waals surface area contributed by atoms with E-state index in [0.717, 1.165) is 24.5 Å². The number of piperazine rings is 1. The van der Waals surface area contributed by atoms with Crippen molar-refractivity contribution in [3.8, 4) is 0 Å². The summed E-state index contributed by atoms with van der Waals surface area (Å²) in [4.78, 5) is 15.8. The van der Waals surface area contributed by atoms with Crippen LogP contribution in [0.4, 0.5) is 0 Å². The first-order valence-corrected chi connectivity index (χ1v) is 7.35. The van der Waals surface area contributed by atoms with Crippen LogP contribution in [0.1, 0.15) is 25.1 Å². The highest BCUT2D eigenvalue weighted by molar-refractivity contribution is 7.98. The molecule has 2 N–H and O–H groups in total. The fourth-order valence-electron chi connectivity index (χ4n) is 1.73. The van der Waals surface area contributed by atoms with Gasteiger partial charge in [0.05, 0.1) is 18.2 Å². The summed E-state index contributed by atoms with van der Waals surface area (Å²) in [5.74, 6) is 3.09. The number of hydrogen-bond acceptors (Lipinski definition) is 6. The minimum absolute atomic E-state index is 0.00126. The van der Waals surface area contributed by atoms with Crippen LogP contribution >= 0.6 is 11.8 Å². The van der Waals surface area contributed by atoms with E-state index in [0.29, 0.717) is 24.7 Å². The zero-order valence-electron chi connectivity index (χ0n) is 10.4. The maximum Gasteiger partial charge on any atom is 0.237 e. The van der Waals surface area contributed by atoms with Crippen molar-refractivity contribution < 1.29 is 9.32 Å². The van der Waals surface area contributed by atoms with Crippen LogP contribution in [0, 0.1) is 0 Å². The van der Waals surface area contributed by atoms with Gasteiger partial charge >= 0.3 is 0 Å². The lowest BCUT2D eigenvalue weighted by Gasteiger charge is -2.21. The summed E-state index contributed by atoms with van der Waals surface area (Å²) in [5.41, 5.74) is 0. The van der Waals surface area contributed by atoms with Gasteiger partial charge in [0.2, 0.25) is 11.8 Å². The summed E-state index contributed by atoms with van der Waals surface area (Å²) in [7, 11) is 0. The molecule has 0 aromatic carbocycles. The molecular weight excluding hydrogens is 252 g/mol. The second kappa shape index (κ2) is 6.75. The first-order chi connectivity index (χ1) is 8.79. The zero-order valence-corrected chi connectivity index (χ0v) is 11.3. The summed E-state index contributed by atoms with van der Waals surface area (Å²) >= 11 is 1.79. The lowest BCUT2D eigenvalue weighted by atomic mass is 10.1. The topological polar surface area (TPSA) is 80.0 Å². The minimum atomic E-state index is -0.254. The molecule has 6 nitrogen and oxygen atoms in total. The van der Waals surface area contributed by atoms with E-state index >= 15 is 0 Å². The first kappa shape index (κ1) is 13.4.